The van der Waals surface area contributed by atoms with Gasteiger partial charge in [0.25, 0.3) is 0 Å². The molecule has 20 heavy (non-hydrogen) atoms. The fourth-order valence-corrected chi connectivity index (χ4v) is 5.79. The quantitative estimate of drug-likeness (QED) is 0.299. The summed E-state index contributed by atoms with van der Waals surface area (Å²) in [5.41, 5.74) is 5.37. The monoisotopic (exact) mass is 327 g/mol. The van der Waals surface area contributed by atoms with Gasteiger partial charge in [-0.1, -0.05) is 5.16 Å². The average molecular weight is 327 g/mol. The number of hydrogen-bond donors (Lipinski definition) is 2. The number of nitrogens with two attached hydrogens (primary N) is 1. The lowest BCUT2D eigenvalue weighted by Gasteiger charge is -2.30. The van der Waals surface area contributed by atoms with Crippen LogP contribution in [-0.2, 0) is 19.9 Å². The van der Waals surface area contributed by atoms with Gasteiger partial charge in [-0.15, -0.1) is 0 Å². The molecule has 1 unspecified atom stereocenters. The molecule has 0 aromatic carbocycles. The Hall–Kier alpha value is -0.870. The molecule has 0 bridgehead atoms. The third-order valence-electron chi connectivity index (χ3n) is 3.58. The van der Waals surface area contributed by atoms with Crippen molar-refractivity contribution in [2.24, 2.45) is 10.9 Å². The molecule has 1 aliphatic rings. The molecule has 1 heterocycles. The summed E-state index contributed by atoms with van der Waals surface area (Å²) in [5, 5.41) is 10.6. The lowest BCUT2D eigenvalue weighted by Crippen LogP contribution is -2.45. The maximum Gasteiger partial charge on any atom is 0.217 e. The molecule has 0 radical (unpaired) electrons. The van der Waals surface area contributed by atoms with Crippen molar-refractivity contribution in [2.75, 3.05) is 18.6 Å². The van der Waals surface area contributed by atoms with Crippen LogP contribution in [0.1, 0.15) is 26.2 Å². The van der Waals surface area contributed by atoms with Gasteiger partial charge in [0.1, 0.15) is 15.7 Å². The topological polar surface area (TPSA) is 130 Å². The summed E-state index contributed by atoms with van der Waals surface area (Å²) in [5.74, 6) is -0.246. The number of nitrogens with zero attached hydrogens (tertiary/aromatic N) is 2. The van der Waals surface area contributed by atoms with Crippen molar-refractivity contribution in [3.8, 4) is 0 Å². The van der Waals surface area contributed by atoms with E-state index >= 15 is 0 Å². The van der Waals surface area contributed by atoms with Gasteiger partial charge >= 0.3 is 0 Å². The fraction of sp³-hybridized carbons (Fsp3) is 0.900. The maximum atomic E-state index is 12.4. The molecule has 3 N–H and O–H groups in total. The van der Waals surface area contributed by atoms with Crippen molar-refractivity contribution in [3.63, 3.8) is 0 Å². The van der Waals surface area contributed by atoms with E-state index in [0.29, 0.717) is 0 Å². The second-order valence-corrected chi connectivity index (χ2v) is 9.63. The van der Waals surface area contributed by atoms with Crippen LogP contribution in [0, 0.1) is 0 Å². The number of amidine groups is 1. The molecule has 1 aliphatic heterocycles. The number of hydrogen-bond acceptors (Lipinski definition) is 6. The molecular formula is C10H21N3O5S2. The van der Waals surface area contributed by atoms with Crippen molar-refractivity contribution in [1.82, 2.24) is 4.31 Å². The number of sulfone groups is 1. The van der Waals surface area contributed by atoms with E-state index in [9.17, 15) is 16.8 Å². The summed E-state index contributed by atoms with van der Waals surface area (Å²) < 4.78 is 48.7. The summed E-state index contributed by atoms with van der Waals surface area (Å²) in [7, 11) is -5.26. The summed E-state index contributed by atoms with van der Waals surface area (Å²) in [6.45, 7) is 1.65. The molecule has 1 fully saturated rings. The van der Waals surface area contributed by atoms with Gasteiger partial charge in [-0.25, -0.2) is 21.1 Å². The molecule has 0 aromatic heterocycles. The van der Waals surface area contributed by atoms with Gasteiger partial charge < -0.3 is 10.9 Å². The van der Waals surface area contributed by atoms with Gasteiger partial charge in [-0.3, -0.25) is 0 Å². The molecule has 118 valence electrons. The minimum Gasteiger partial charge on any atom is -0.409 e. The van der Waals surface area contributed by atoms with E-state index in [1.807, 2.05) is 0 Å². The molecule has 0 aliphatic carbocycles. The molecule has 0 saturated carbocycles. The highest BCUT2D eigenvalue weighted by Crippen LogP contribution is 2.23. The molecule has 10 heteroatoms. The Labute approximate surface area is 119 Å². The summed E-state index contributed by atoms with van der Waals surface area (Å²) in [4.78, 5) is 0. The normalized spacial score (nSPS) is 22.9. The predicted molar refractivity (Wildman–Crippen MR) is 75.8 cm³/mol. The third-order valence-corrected chi connectivity index (χ3v) is 7.77. The summed E-state index contributed by atoms with van der Waals surface area (Å²) in [6.07, 6.45) is 0.341. The molecule has 1 saturated heterocycles. The fourth-order valence-electron chi connectivity index (χ4n) is 2.12. The molecule has 0 aromatic rings. The highest BCUT2D eigenvalue weighted by atomic mass is 32.2. The summed E-state index contributed by atoms with van der Waals surface area (Å²) >= 11 is 0. The zero-order valence-electron chi connectivity index (χ0n) is 11.6. The largest absolute Gasteiger partial charge is 0.409 e. The Bertz CT molecular complexity index is 556. The maximum absolute atomic E-state index is 12.4. The van der Waals surface area contributed by atoms with Crippen LogP contribution in [-0.4, -0.2) is 62.0 Å². The van der Waals surface area contributed by atoms with Crippen LogP contribution in [0.15, 0.2) is 5.16 Å². The molecular weight excluding hydrogens is 306 g/mol. The third kappa shape index (κ3) is 4.06. The van der Waals surface area contributed by atoms with Gasteiger partial charge in [0.15, 0.2) is 0 Å². The van der Waals surface area contributed by atoms with E-state index < -0.39 is 31.2 Å². The zero-order valence-corrected chi connectivity index (χ0v) is 13.2. The first kappa shape index (κ1) is 17.2. The molecule has 0 spiro atoms. The first-order chi connectivity index (χ1) is 9.10. The number of sulfonamides is 1. The van der Waals surface area contributed by atoms with Crippen LogP contribution in [0.4, 0.5) is 0 Å². The van der Waals surface area contributed by atoms with Gasteiger partial charge in [0.05, 0.1) is 16.8 Å². The van der Waals surface area contributed by atoms with Crippen LogP contribution < -0.4 is 5.73 Å². The second-order valence-electron chi connectivity index (χ2n) is 5.06. The minimum atomic E-state index is -3.59. The van der Waals surface area contributed by atoms with Crippen LogP contribution in [0.25, 0.3) is 0 Å². The van der Waals surface area contributed by atoms with Crippen LogP contribution >= 0.6 is 0 Å². The zero-order chi connectivity index (χ0) is 15.6. The Morgan fingerprint density at radius 1 is 1.45 bits per heavy atom. The first-order valence-corrected chi connectivity index (χ1v) is 9.56. The molecule has 0 amide bonds. The highest BCUT2D eigenvalue weighted by molar-refractivity contribution is 7.92. The van der Waals surface area contributed by atoms with Crippen molar-refractivity contribution >= 4 is 25.7 Å². The highest BCUT2D eigenvalue weighted by Gasteiger charge is 2.36. The smallest absolute Gasteiger partial charge is 0.217 e. The Balaban J connectivity index is 2.78. The van der Waals surface area contributed by atoms with Gasteiger partial charge in [-0.05, 0) is 19.8 Å². The standard InChI is InChI=1S/C10H21N3O5S2/c1-8(7-10(11)12-14)13(2)20(17,18)9-3-5-19(15,16)6-4-9/h8-9,14H,3-7H2,1-2H3,(H2,11,12). The van der Waals surface area contributed by atoms with Crippen molar-refractivity contribution in [2.45, 2.75) is 37.5 Å². The molecule has 1 rings (SSSR count). The summed E-state index contributed by atoms with van der Waals surface area (Å²) in [6, 6.07) is -0.463. The predicted octanol–water partition coefficient (Wildman–Crippen LogP) is -0.650. The van der Waals surface area contributed by atoms with Gasteiger partial charge in [-0.2, -0.15) is 0 Å². The molecule has 8 nitrogen and oxygen atoms in total. The Kier molecular flexibility index (Phi) is 5.39. The average Bonchev–Trinajstić information content (AvgIpc) is 2.36. The van der Waals surface area contributed by atoms with E-state index in [-0.39, 0.29) is 36.6 Å². The van der Waals surface area contributed by atoms with E-state index in [2.05, 4.69) is 5.16 Å². The van der Waals surface area contributed by atoms with Crippen LogP contribution in [0.3, 0.4) is 0 Å². The van der Waals surface area contributed by atoms with E-state index in [1.54, 1.807) is 6.92 Å². The number of rotatable bonds is 5. The first-order valence-electron chi connectivity index (χ1n) is 6.24. The second kappa shape index (κ2) is 6.27. The van der Waals surface area contributed by atoms with Gasteiger partial charge in [0.2, 0.25) is 10.0 Å². The minimum absolute atomic E-state index is 0.0502. The Morgan fingerprint density at radius 2 is 1.95 bits per heavy atom. The Morgan fingerprint density at radius 3 is 2.40 bits per heavy atom. The lowest BCUT2D eigenvalue weighted by atomic mass is 10.2. The van der Waals surface area contributed by atoms with E-state index in [4.69, 9.17) is 10.9 Å². The van der Waals surface area contributed by atoms with E-state index in [0.717, 1.165) is 0 Å². The van der Waals surface area contributed by atoms with Crippen molar-refractivity contribution in [3.05, 3.63) is 0 Å². The molecule has 1 atom stereocenters. The van der Waals surface area contributed by atoms with E-state index in [1.165, 1.54) is 11.4 Å². The SMILES string of the molecule is CC(CC(N)=NO)N(C)S(=O)(=O)C1CCS(=O)(=O)CC1. The van der Waals surface area contributed by atoms with Gasteiger partial charge in [0, 0.05) is 19.5 Å². The van der Waals surface area contributed by atoms with Crippen molar-refractivity contribution in [1.29, 1.82) is 0 Å². The van der Waals surface area contributed by atoms with Crippen molar-refractivity contribution < 1.29 is 22.0 Å². The lowest BCUT2D eigenvalue weighted by molar-refractivity contribution is 0.313. The van der Waals surface area contributed by atoms with Crippen LogP contribution in [0.2, 0.25) is 0 Å². The van der Waals surface area contributed by atoms with Crippen LogP contribution in [0.5, 0.6) is 0 Å². The number of oxime groups is 1.